The highest BCUT2D eigenvalue weighted by Gasteiger charge is 2.46. The Labute approximate surface area is 142 Å². The molecule has 0 radical (unpaired) electrons. The summed E-state index contributed by atoms with van der Waals surface area (Å²) in [6, 6.07) is 11.3. The van der Waals surface area contributed by atoms with E-state index >= 15 is 0 Å². The van der Waals surface area contributed by atoms with Gasteiger partial charge in [-0.25, -0.2) is 9.59 Å². The first kappa shape index (κ1) is 18.2. The second-order valence-electron chi connectivity index (χ2n) is 6.63. The van der Waals surface area contributed by atoms with E-state index < -0.39 is 11.9 Å². The van der Waals surface area contributed by atoms with E-state index in [1.165, 1.54) is 38.8 Å². The number of aliphatic carboxylic acids is 2. The molecule has 2 unspecified atom stereocenters. The van der Waals surface area contributed by atoms with Crippen LogP contribution in [0.25, 0.3) is 0 Å². The molecule has 2 fully saturated rings. The van der Waals surface area contributed by atoms with Crippen molar-refractivity contribution in [1.82, 2.24) is 4.90 Å². The Kier molecular flexibility index (Phi) is 6.15. The monoisotopic (exact) mass is 331 g/mol. The Hall–Kier alpha value is -2.14. The Morgan fingerprint density at radius 2 is 1.75 bits per heavy atom. The minimum absolute atomic E-state index is 0.522. The van der Waals surface area contributed by atoms with Gasteiger partial charge in [0.05, 0.1) is 0 Å². The van der Waals surface area contributed by atoms with Crippen LogP contribution in [0.1, 0.15) is 31.2 Å². The van der Waals surface area contributed by atoms with Crippen LogP contribution in [0.5, 0.6) is 0 Å². The van der Waals surface area contributed by atoms with Gasteiger partial charge >= 0.3 is 11.9 Å². The third kappa shape index (κ3) is 4.45. The van der Waals surface area contributed by atoms with Crippen LogP contribution < -0.4 is 0 Å². The molecule has 1 aliphatic carbocycles. The Bertz CT molecular complexity index is 583. The first-order valence-corrected chi connectivity index (χ1v) is 8.32. The molecule has 0 aromatic heterocycles. The second kappa shape index (κ2) is 8.11. The van der Waals surface area contributed by atoms with E-state index in [0.29, 0.717) is 17.6 Å². The Morgan fingerprint density at radius 1 is 1.12 bits per heavy atom. The summed E-state index contributed by atoms with van der Waals surface area (Å²) in [5.74, 6) is -1.62. The zero-order valence-electron chi connectivity index (χ0n) is 14.0. The molecule has 3 rings (SSSR count). The van der Waals surface area contributed by atoms with Gasteiger partial charge in [0, 0.05) is 24.1 Å². The van der Waals surface area contributed by atoms with Gasteiger partial charge in [-0.2, -0.15) is 0 Å². The number of hydrogen-bond acceptors (Lipinski definition) is 3. The molecule has 24 heavy (non-hydrogen) atoms. The molecular formula is C19H25NO4. The van der Waals surface area contributed by atoms with Gasteiger partial charge in [0.2, 0.25) is 0 Å². The van der Waals surface area contributed by atoms with Gasteiger partial charge in [-0.3, -0.25) is 0 Å². The van der Waals surface area contributed by atoms with Gasteiger partial charge in [0.25, 0.3) is 0 Å². The third-order valence-corrected chi connectivity index (χ3v) is 5.15. The van der Waals surface area contributed by atoms with E-state index in [9.17, 15) is 9.59 Å². The maximum absolute atomic E-state index is 9.55. The van der Waals surface area contributed by atoms with Crippen molar-refractivity contribution >= 4 is 11.9 Å². The summed E-state index contributed by atoms with van der Waals surface area (Å²) in [7, 11) is 2.27. The predicted molar refractivity (Wildman–Crippen MR) is 92.0 cm³/mol. The lowest BCUT2D eigenvalue weighted by atomic mass is 9.68. The normalized spacial score (nSPS) is 26.5. The number of nitrogens with zero attached hydrogens (tertiary/aromatic N) is 1. The van der Waals surface area contributed by atoms with Gasteiger partial charge in [-0.15, -0.1) is 0 Å². The molecule has 0 bridgehead atoms. The molecule has 2 atom stereocenters. The van der Waals surface area contributed by atoms with Crippen LogP contribution in [0.4, 0.5) is 0 Å². The molecule has 1 aliphatic heterocycles. The van der Waals surface area contributed by atoms with Crippen molar-refractivity contribution in [1.29, 1.82) is 0 Å². The first-order chi connectivity index (χ1) is 11.4. The number of benzene rings is 1. The highest BCUT2D eigenvalue weighted by molar-refractivity contribution is 5.89. The van der Waals surface area contributed by atoms with Crippen molar-refractivity contribution in [3.63, 3.8) is 0 Å². The molecule has 5 heteroatoms. The summed E-state index contributed by atoms with van der Waals surface area (Å²) >= 11 is 0. The first-order valence-electron chi connectivity index (χ1n) is 8.32. The molecule has 1 heterocycles. The molecule has 1 saturated carbocycles. The molecule has 2 N–H and O–H groups in total. The minimum atomic E-state index is -1.26. The van der Waals surface area contributed by atoms with Crippen molar-refractivity contribution in [2.75, 3.05) is 20.1 Å². The number of fused-ring (bicyclic) bond motifs is 1. The molecule has 1 saturated heterocycles. The summed E-state index contributed by atoms with van der Waals surface area (Å²) < 4.78 is 0. The fourth-order valence-corrected chi connectivity index (χ4v) is 4.03. The standard InChI is InChI=1S/C15H21N.C4H4O4/c1-16-11-10-15(9-5-8-14(15)12-16)13-6-3-2-4-7-13;5-3(6)1-2-4(7)8/h2-4,6-7,14H,5,8-12H2,1H3;1-2H,(H,5,6)(H,7,8). The van der Waals surface area contributed by atoms with E-state index in [1.54, 1.807) is 5.56 Å². The van der Waals surface area contributed by atoms with Crippen molar-refractivity contribution in [2.45, 2.75) is 31.1 Å². The molecule has 130 valence electrons. The van der Waals surface area contributed by atoms with Crippen molar-refractivity contribution in [3.05, 3.63) is 48.0 Å². The summed E-state index contributed by atoms with van der Waals surface area (Å²) in [6.07, 6.45) is 6.74. The molecular weight excluding hydrogens is 306 g/mol. The molecule has 1 aromatic rings. The molecule has 0 amide bonds. The average molecular weight is 331 g/mol. The Morgan fingerprint density at radius 3 is 2.33 bits per heavy atom. The minimum Gasteiger partial charge on any atom is -0.478 e. The van der Waals surface area contributed by atoms with Gasteiger partial charge < -0.3 is 15.1 Å². The predicted octanol–water partition coefficient (Wildman–Crippen LogP) is 2.77. The van der Waals surface area contributed by atoms with Gasteiger partial charge in [0.1, 0.15) is 0 Å². The quantitative estimate of drug-likeness (QED) is 0.833. The van der Waals surface area contributed by atoms with Crippen molar-refractivity contribution in [2.24, 2.45) is 5.92 Å². The Balaban J connectivity index is 0.000000224. The van der Waals surface area contributed by atoms with Crippen LogP contribution in [-0.4, -0.2) is 47.2 Å². The van der Waals surface area contributed by atoms with Crippen LogP contribution >= 0.6 is 0 Å². The van der Waals surface area contributed by atoms with E-state index in [1.807, 2.05) is 0 Å². The highest BCUT2D eigenvalue weighted by atomic mass is 16.4. The van der Waals surface area contributed by atoms with Crippen molar-refractivity contribution < 1.29 is 19.8 Å². The maximum atomic E-state index is 9.55. The molecule has 2 aliphatic rings. The lowest BCUT2D eigenvalue weighted by Gasteiger charge is -2.43. The SMILES string of the molecule is CN1CCC2(c3ccccc3)CCCC2C1.O=C(O)C=CC(=O)O. The largest absolute Gasteiger partial charge is 0.478 e. The second-order valence-corrected chi connectivity index (χ2v) is 6.63. The van der Waals surface area contributed by atoms with Crippen LogP contribution in [-0.2, 0) is 15.0 Å². The van der Waals surface area contributed by atoms with Crippen LogP contribution in [0, 0.1) is 5.92 Å². The van der Waals surface area contributed by atoms with E-state index in [-0.39, 0.29) is 0 Å². The number of piperidine rings is 1. The smallest absolute Gasteiger partial charge is 0.328 e. The van der Waals surface area contributed by atoms with E-state index in [2.05, 4.69) is 42.3 Å². The highest BCUT2D eigenvalue weighted by Crippen LogP contribution is 2.50. The van der Waals surface area contributed by atoms with Crippen LogP contribution in [0.15, 0.2) is 42.5 Å². The maximum Gasteiger partial charge on any atom is 0.328 e. The van der Waals surface area contributed by atoms with E-state index in [0.717, 1.165) is 5.92 Å². The van der Waals surface area contributed by atoms with Crippen molar-refractivity contribution in [3.8, 4) is 0 Å². The lowest BCUT2D eigenvalue weighted by Crippen LogP contribution is -2.45. The van der Waals surface area contributed by atoms with Gasteiger partial charge in [0.15, 0.2) is 0 Å². The third-order valence-electron chi connectivity index (χ3n) is 5.15. The summed E-state index contributed by atoms with van der Waals surface area (Å²) in [5.41, 5.74) is 2.12. The molecule has 5 nitrogen and oxygen atoms in total. The fourth-order valence-electron chi connectivity index (χ4n) is 4.03. The topological polar surface area (TPSA) is 77.8 Å². The zero-order valence-corrected chi connectivity index (χ0v) is 14.0. The number of carboxylic acid groups (broad SMARTS) is 2. The molecule has 1 aromatic carbocycles. The summed E-state index contributed by atoms with van der Waals surface area (Å²) in [4.78, 5) is 21.6. The van der Waals surface area contributed by atoms with Gasteiger partial charge in [-0.05, 0) is 44.3 Å². The summed E-state index contributed by atoms with van der Waals surface area (Å²) in [5, 5.41) is 15.6. The summed E-state index contributed by atoms with van der Waals surface area (Å²) in [6.45, 7) is 2.57. The zero-order chi connectivity index (χ0) is 17.6. The lowest BCUT2D eigenvalue weighted by molar-refractivity contribution is -0.134. The number of carbonyl (C=O) groups is 2. The number of hydrogen-bond donors (Lipinski definition) is 2. The number of likely N-dealkylation sites (tertiary alicyclic amines) is 1. The number of carboxylic acids is 2. The number of rotatable bonds is 3. The van der Waals surface area contributed by atoms with Crippen LogP contribution in [0.3, 0.4) is 0 Å². The average Bonchev–Trinajstić information content (AvgIpc) is 2.98. The fraction of sp³-hybridized carbons (Fsp3) is 0.474. The van der Waals surface area contributed by atoms with Crippen LogP contribution in [0.2, 0.25) is 0 Å². The molecule has 0 spiro atoms. The van der Waals surface area contributed by atoms with E-state index in [4.69, 9.17) is 10.2 Å². The van der Waals surface area contributed by atoms with Gasteiger partial charge in [-0.1, -0.05) is 36.8 Å².